The van der Waals surface area contributed by atoms with Gasteiger partial charge in [0.15, 0.2) is 0 Å². The maximum absolute atomic E-state index is 6.14. The molecule has 0 N–H and O–H groups in total. The van der Waals surface area contributed by atoms with Crippen molar-refractivity contribution in [3.05, 3.63) is 59.2 Å². The average molecular weight is 282 g/mol. The van der Waals surface area contributed by atoms with E-state index in [1.165, 1.54) is 11.1 Å². The molecule has 2 heteroatoms. The maximum atomic E-state index is 6.14. The van der Waals surface area contributed by atoms with E-state index in [0.717, 1.165) is 28.9 Å². The molecule has 0 radical (unpaired) electrons. The first kappa shape index (κ1) is 15.3. The van der Waals surface area contributed by atoms with Gasteiger partial charge >= 0.3 is 0 Å². The Morgan fingerprint density at radius 3 is 2.62 bits per heavy atom. The van der Waals surface area contributed by atoms with Gasteiger partial charge in [-0.05, 0) is 38.0 Å². The molecule has 0 saturated heterocycles. The molecule has 0 unspecified atom stereocenters. The van der Waals surface area contributed by atoms with Crippen LogP contribution in [0.3, 0.4) is 0 Å². The largest absolute Gasteiger partial charge is 0.456 e. The molecule has 0 aromatic heterocycles. The lowest BCUT2D eigenvalue weighted by Gasteiger charge is -2.11. The van der Waals surface area contributed by atoms with E-state index in [1.807, 2.05) is 21.0 Å². The summed E-state index contributed by atoms with van der Waals surface area (Å²) in [7, 11) is 4.08. The van der Waals surface area contributed by atoms with Gasteiger partial charge in [-0.15, -0.1) is 0 Å². The Bertz CT molecular complexity index is 728. The molecule has 1 heterocycles. The van der Waals surface area contributed by atoms with Gasteiger partial charge in [-0.25, -0.2) is 4.58 Å². The van der Waals surface area contributed by atoms with Crippen molar-refractivity contribution in [1.82, 2.24) is 4.58 Å². The van der Waals surface area contributed by atoms with Crippen molar-refractivity contribution < 1.29 is 4.42 Å². The van der Waals surface area contributed by atoms with Crippen LogP contribution in [0.5, 0.6) is 0 Å². The van der Waals surface area contributed by atoms with E-state index in [9.17, 15) is 0 Å². The topological polar surface area (TPSA) is 16.1 Å². The van der Waals surface area contributed by atoms with E-state index in [-0.39, 0.29) is 0 Å². The second kappa shape index (κ2) is 6.57. The Balaban J connectivity index is 2.66. The normalized spacial score (nSPS) is 12.3. The van der Waals surface area contributed by atoms with Crippen molar-refractivity contribution in [1.29, 1.82) is 0 Å². The predicted octanol–water partition coefficient (Wildman–Crippen LogP) is 4.09. The highest BCUT2D eigenvalue weighted by molar-refractivity contribution is 5.74. The van der Waals surface area contributed by atoms with Crippen LogP contribution < -0.4 is 9.93 Å². The number of rotatable bonds is 3. The molecular formula is C19H24NO+. The Hall–Kier alpha value is -2.09. The third-order valence-corrected chi connectivity index (χ3v) is 3.60. The highest BCUT2D eigenvalue weighted by atomic mass is 16.3. The summed E-state index contributed by atoms with van der Waals surface area (Å²) in [6.07, 6.45) is 7.39. The molecule has 0 spiro atoms. The minimum atomic E-state index is 0.920. The van der Waals surface area contributed by atoms with Crippen LogP contribution in [0.2, 0.25) is 0 Å². The number of hydrogen-bond acceptors (Lipinski definition) is 1. The summed E-state index contributed by atoms with van der Waals surface area (Å²) in [5.74, 6) is 1.85. The molecule has 2 aliphatic rings. The van der Waals surface area contributed by atoms with E-state index in [1.54, 1.807) is 0 Å². The maximum Gasteiger partial charge on any atom is 0.203 e. The fourth-order valence-electron chi connectivity index (χ4n) is 2.33. The summed E-state index contributed by atoms with van der Waals surface area (Å²) in [6, 6.07) is 8.47. The molecule has 21 heavy (non-hydrogen) atoms. The molecule has 0 aromatic rings. The third-order valence-electron chi connectivity index (χ3n) is 3.60. The van der Waals surface area contributed by atoms with Crippen LogP contribution in [-0.2, 0) is 0 Å². The number of aryl methyl sites for hydroxylation is 1. The summed E-state index contributed by atoms with van der Waals surface area (Å²) >= 11 is 0. The molecule has 0 aromatic carbocycles. The second-order valence-electron chi connectivity index (χ2n) is 5.42. The van der Waals surface area contributed by atoms with E-state index in [2.05, 4.69) is 60.9 Å². The first-order valence-electron chi connectivity index (χ1n) is 7.45. The first-order valence-corrected chi connectivity index (χ1v) is 7.45. The van der Waals surface area contributed by atoms with Crippen LogP contribution >= 0.6 is 0 Å². The van der Waals surface area contributed by atoms with Crippen LogP contribution in [0.15, 0.2) is 46.9 Å². The summed E-state index contributed by atoms with van der Waals surface area (Å²) in [6.45, 7) is 6.31. The predicted molar refractivity (Wildman–Crippen MR) is 90.3 cm³/mol. The van der Waals surface area contributed by atoms with Crippen molar-refractivity contribution in [2.24, 2.45) is 0 Å². The average Bonchev–Trinajstić information content (AvgIpc) is 2.47. The second-order valence-corrected chi connectivity index (χ2v) is 5.42. The summed E-state index contributed by atoms with van der Waals surface area (Å²) in [4.78, 5) is 0. The fraction of sp³-hybridized carbons (Fsp3) is 0.316. The molecule has 0 fully saturated rings. The van der Waals surface area contributed by atoms with Gasteiger partial charge in [-0.1, -0.05) is 25.2 Å². The molecule has 0 atom stereocenters. The SMILES string of the molecule is C/C=C(\C=C/CC)c1cc(C)c2ccc(=[N+](C)C)cc-2o1. The van der Waals surface area contributed by atoms with Gasteiger partial charge in [0.05, 0.1) is 6.07 Å². The van der Waals surface area contributed by atoms with Crippen LogP contribution in [0.1, 0.15) is 31.6 Å². The zero-order valence-corrected chi connectivity index (χ0v) is 13.6. The van der Waals surface area contributed by atoms with Gasteiger partial charge in [0.2, 0.25) is 5.36 Å². The number of hydrogen-bond donors (Lipinski definition) is 0. The zero-order valence-electron chi connectivity index (χ0n) is 13.6. The Morgan fingerprint density at radius 1 is 1.24 bits per heavy atom. The van der Waals surface area contributed by atoms with Crippen molar-refractivity contribution in [2.45, 2.75) is 27.2 Å². The van der Waals surface area contributed by atoms with Gasteiger partial charge in [0.1, 0.15) is 25.6 Å². The molecule has 0 bridgehead atoms. The lowest BCUT2D eigenvalue weighted by atomic mass is 10.0. The van der Waals surface area contributed by atoms with Gasteiger partial charge in [0.25, 0.3) is 0 Å². The van der Waals surface area contributed by atoms with E-state index >= 15 is 0 Å². The minimum Gasteiger partial charge on any atom is -0.456 e. The molecule has 2 rings (SSSR count). The summed E-state index contributed by atoms with van der Waals surface area (Å²) in [5.41, 5.74) is 3.53. The number of fused-ring (bicyclic) bond motifs is 1. The standard InChI is InChI=1S/C19H24NO/c1-6-8-9-15(7-2)18-12-14(3)17-11-10-16(20(4)5)13-19(17)21-18/h7-13H,6H2,1-5H3/q+1/b9-8-,15-7+. The number of benzene rings is 1. The first-order chi connectivity index (χ1) is 10.1. The van der Waals surface area contributed by atoms with Crippen molar-refractivity contribution in [2.75, 3.05) is 14.1 Å². The summed E-state index contributed by atoms with van der Waals surface area (Å²) in [5, 5.41) is 1.15. The molecule has 1 aliphatic carbocycles. The quantitative estimate of drug-likeness (QED) is 0.611. The van der Waals surface area contributed by atoms with E-state index < -0.39 is 0 Å². The van der Waals surface area contributed by atoms with Gasteiger partial charge in [0, 0.05) is 17.2 Å². The van der Waals surface area contributed by atoms with Gasteiger partial charge < -0.3 is 4.42 Å². The van der Waals surface area contributed by atoms with Crippen LogP contribution in [0.4, 0.5) is 0 Å². The van der Waals surface area contributed by atoms with Crippen molar-refractivity contribution in [3.8, 4) is 11.3 Å². The molecular weight excluding hydrogens is 258 g/mol. The summed E-state index contributed by atoms with van der Waals surface area (Å²) < 4.78 is 8.23. The van der Waals surface area contributed by atoms with E-state index in [0.29, 0.717) is 0 Å². The number of nitrogens with zero attached hydrogens (tertiary/aromatic N) is 1. The molecule has 1 aliphatic heterocycles. The smallest absolute Gasteiger partial charge is 0.203 e. The van der Waals surface area contributed by atoms with Crippen LogP contribution in [-0.4, -0.2) is 14.1 Å². The van der Waals surface area contributed by atoms with Crippen LogP contribution in [0, 0.1) is 6.92 Å². The third kappa shape index (κ3) is 3.33. The Kier molecular flexibility index (Phi) is 4.79. The molecule has 2 nitrogen and oxygen atoms in total. The Labute approximate surface area is 127 Å². The van der Waals surface area contributed by atoms with Crippen LogP contribution in [0.25, 0.3) is 16.9 Å². The molecule has 110 valence electrons. The van der Waals surface area contributed by atoms with E-state index in [4.69, 9.17) is 4.42 Å². The molecule has 0 saturated carbocycles. The van der Waals surface area contributed by atoms with Crippen molar-refractivity contribution >= 4 is 5.57 Å². The highest BCUT2D eigenvalue weighted by Gasteiger charge is 2.12. The lowest BCUT2D eigenvalue weighted by molar-refractivity contribution is 0.548. The highest BCUT2D eigenvalue weighted by Crippen LogP contribution is 2.29. The zero-order chi connectivity index (χ0) is 15.4. The Morgan fingerprint density at radius 2 is 2.00 bits per heavy atom. The fourth-order valence-corrected chi connectivity index (χ4v) is 2.33. The monoisotopic (exact) mass is 282 g/mol. The lowest BCUT2D eigenvalue weighted by Crippen LogP contribution is -2.21. The minimum absolute atomic E-state index is 0.920. The van der Waals surface area contributed by atoms with Crippen molar-refractivity contribution in [3.63, 3.8) is 0 Å². The number of allylic oxidation sites excluding steroid dienone is 4. The van der Waals surface area contributed by atoms with Gasteiger partial charge in [-0.2, -0.15) is 0 Å². The molecule has 0 amide bonds. The van der Waals surface area contributed by atoms with Gasteiger partial charge in [-0.3, -0.25) is 0 Å².